The van der Waals surface area contributed by atoms with Crippen LogP contribution in [-0.2, 0) is 0 Å². The zero-order valence-corrected chi connectivity index (χ0v) is 9.36. The number of H-pyrrole nitrogens is 1. The van der Waals surface area contributed by atoms with Crippen molar-refractivity contribution in [3.05, 3.63) is 28.7 Å². The molecule has 0 spiro atoms. The minimum absolute atomic E-state index is 0. The lowest BCUT2D eigenvalue weighted by molar-refractivity contribution is 0.838. The SMILES string of the molecule is CC(N)c1cc(-c2ncc[nH]2)cs1.Cl. The average Bonchev–Trinajstić information content (AvgIpc) is 2.75. The fourth-order valence-electron chi connectivity index (χ4n) is 1.14. The molecule has 2 aromatic heterocycles. The van der Waals surface area contributed by atoms with Crippen LogP contribution in [0.1, 0.15) is 17.8 Å². The summed E-state index contributed by atoms with van der Waals surface area (Å²) in [7, 11) is 0. The van der Waals surface area contributed by atoms with Crippen LogP contribution in [0, 0.1) is 0 Å². The molecular weight excluding hydrogens is 218 g/mol. The van der Waals surface area contributed by atoms with Gasteiger partial charge in [0.05, 0.1) is 0 Å². The van der Waals surface area contributed by atoms with Crippen molar-refractivity contribution in [1.82, 2.24) is 9.97 Å². The number of hydrogen-bond donors (Lipinski definition) is 2. The Morgan fingerprint density at radius 1 is 1.57 bits per heavy atom. The van der Waals surface area contributed by atoms with Crippen molar-refractivity contribution in [2.75, 3.05) is 0 Å². The number of nitrogens with two attached hydrogens (primary N) is 1. The Hall–Kier alpha value is -0.840. The highest BCUT2D eigenvalue weighted by Gasteiger charge is 2.06. The summed E-state index contributed by atoms with van der Waals surface area (Å²) in [6.07, 6.45) is 3.57. The fraction of sp³-hybridized carbons (Fsp3) is 0.222. The van der Waals surface area contributed by atoms with Crippen LogP contribution >= 0.6 is 23.7 Å². The monoisotopic (exact) mass is 229 g/mol. The zero-order chi connectivity index (χ0) is 9.26. The number of nitrogens with one attached hydrogen (secondary N) is 1. The quantitative estimate of drug-likeness (QED) is 0.832. The van der Waals surface area contributed by atoms with E-state index in [-0.39, 0.29) is 18.4 Å². The van der Waals surface area contributed by atoms with Gasteiger partial charge in [0, 0.05) is 34.3 Å². The Bertz CT molecular complexity index is 380. The van der Waals surface area contributed by atoms with Gasteiger partial charge in [-0.15, -0.1) is 23.7 Å². The molecule has 2 aromatic rings. The van der Waals surface area contributed by atoms with Crippen molar-refractivity contribution in [3.8, 4) is 11.4 Å². The summed E-state index contributed by atoms with van der Waals surface area (Å²) in [6, 6.07) is 2.18. The van der Waals surface area contributed by atoms with Crippen molar-refractivity contribution in [2.24, 2.45) is 5.73 Å². The number of thiophene rings is 1. The van der Waals surface area contributed by atoms with Gasteiger partial charge < -0.3 is 10.7 Å². The first kappa shape index (κ1) is 11.2. The maximum atomic E-state index is 5.76. The van der Waals surface area contributed by atoms with Gasteiger partial charge in [-0.05, 0) is 13.0 Å². The second kappa shape index (κ2) is 4.59. The molecule has 5 heteroatoms. The van der Waals surface area contributed by atoms with E-state index >= 15 is 0 Å². The molecular formula is C9H12ClN3S. The number of nitrogens with zero attached hydrogens (tertiary/aromatic N) is 1. The van der Waals surface area contributed by atoms with Crippen LogP contribution < -0.4 is 5.73 Å². The van der Waals surface area contributed by atoms with Crippen LogP contribution in [0.3, 0.4) is 0 Å². The lowest BCUT2D eigenvalue weighted by atomic mass is 10.2. The summed E-state index contributed by atoms with van der Waals surface area (Å²) in [5.41, 5.74) is 6.87. The van der Waals surface area contributed by atoms with E-state index in [1.54, 1.807) is 17.5 Å². The molecule has 14 heavy (non-hydrogen) atoms. The fourth-order valence-corrected chi connectivity index (χ4v) is 1.99. The largest absolute Gasteiger partial charge is 0.345 e. The molecule has 3 N–H and O–H groups in total. The topological polar surface area (TPSA) is 54.7 Å². The standard InChI is InChI=1S/C9H11N3S.ClH/c1-6(10)8-4-7(5-13-8)9-11-2-3-12-9;/h2-6H,10H2,1H3,(H,11,12);1H. The Morgan fingerprint density at radius 3 is 2.86 bits per heavy atom. The summed E-state index contributed by atoms with van der Waals surface area (Å²) in [5, 5.41) is 2.07. The molecule has 0 aliphatic rings. The van der Waals surface area contributed by atoms with Gasteiger partial charge in [-0.3, -0.25) is 0 Å². The second-order valence-electron chi connectivity index (χ2n) is 2.96. The first-order valence-corrected chi connectivity index (χ1v) is 4.99. The molecule has 0 saturated carbocycles. The van der Waals surface area contributed by atoms with Crippen molar-refractivity contribution >= 4 is 23.7 Å². The minimum Gasteiger partial charge on any atom is -0.345 e. The van der Waals surface area contributed by atoms with Crippen LogP contribution in [0.5, 0.6) is 0 Å². The van der Waals surface area contributed by atoms with Crippen molar-refractivity contribution in [3.63, 3.8) is 0 Å². The number of aromatic amines is 1. The van der Waals surface area contributed by atoms with Gasteiger partial charge >= 0.3 is 0 Å². The molecule has 0 saturated heterocycles. The van der Waals surface area contributed by atoms with E-state index in [2.05, 4.69) is 21.4 Å². The Labute approximate surface area is 92.8 Å². The number of imidazole rings is 1. The first-order valence-electron chi connectivity index (χ1n) is 4.11. The third-order valence-corrected chi connectivity index (χ3v) is 2.97. The maximum Gasteiger partial charge on any atom is 0.138 e. The molecule has 0 fully saturated rings. The van der Waals surface area contributed by atoms with Gasteiger partial charge in [-0.2, -0.15) is 0 Å². The third kappa shape index (κ3) is 2.15. The molecule has 0 radical (unpaired) electrons. The normalized spacial score (nSPS) is 12.1. The molecule has 0 bridgehead atoms. The predicted octanol–water partition coefficient (Wildman–Crippen LogP) is 2.58. The smallest absolute Gasteiger partial charge is 0.138 e. The number of hydrogen-bond acceptors (Lipinski definition) is 3. The van der Waals surface area contributed by atoms with Gasteiger partial charge in [0.15, 0.2) is 0 Å². The number of rotatable bonds is 2. The molecule has 76 valence electrons. The van der Waals surface area contributed by atoms with Gasteiger partial charge in [0.2, 0.25) is 0 Å². The van der Waals surface area contributed by atoms with E-state index in [9.17, 15) is 0 Å². The first-order chi connectivity index (χ1) is 6.27. The number of aromatic nitrogens is 2. The molecule has 2 rings (SSSR count). The molecule has 0 amide bonds. The molecule has 0 aliphatic heterocycles. The van der Waals surface area contributed by atoms with E-state index in [0.717, 1.165) is 11.4 Å². The Kier molecular flexibility index (Phi) is 3.69. The van der Waals surface area contributed by atoms with E-state index in [0.29, 0.717) is 0 Å². The number of halogens is 1. The van der Waals surface area contributed by atoms with Gasteiger partial charge in [0.1, 0.15) is 5.82 Å². The highest BCUT2D eigenvalue weighted by molar-refractivity contribution is 7.10. The lowest BCUT2D eigenvalue weighted by Crippen LogP contribution is -2.01. The molecule has 3 nitrogen and oxygen atoms in total. The third-order valence-electron chi connectivity index (χ3n) is 1.84. The summed E-state index contributed by atoms with van der Waals surface area (Å²) in [4.78, 5) is 8.42. The van der Waals surface area contributed by atoms with Crippen LogP contribution in [-0.4, -0.2) is 9.97 Å². The van der Waals surface area contributed by atoms with Gasteiger partial charge in [0.25, 0.3) is 0 Å². The minimum atomic E-state index is 0. The van der Waals surface area contributed by atoms with Crippen LogP contribution in [0.15, 0.2) is 23.8 Å². The summed E-state index contributed by atoms with van der Waals surface area (Å²) in [5.74, 6) is 0.906. The van der Waals surface area contributed by atoms with Gasteiger partial charge in [-0.25, -0.2) is 4.98 Å². The van der Waals surface area contributed by atoms with E-state index < -0.39 is 0 Å². The van der Waals surface area contributed by atoms with Crippen LogP contribution in [0.2, 0.25) is 0 Å². The Morgan fingerprint density at radius 2 is 2.36 bits per heavy atom. The van der Waals surface area contributed by atoms with E-state index in [4.69, 9.17) is 5.73 Å². The van der Waals surface area contributed by atoms with E-state index in [1.807, 2.05) is 13.1 Å². The van der Waals surface area contributed by atoms with Crippen molar-refractivity contribution < 1.29 is 0 Å². The van der Waals surface area contributed by atoms with Crippen molar-refractivity contribution in [1.29, 1.82) is 0 Å². The van der Waals surface area contributed by atoms with Gasteiger partial charge in [-0.1, -0.05) is 0 Å². The average molecular weight is 230 g/mol. The predicted molar refractivity (Wildman–Crippen MR) is 61.8 cm³/mol. The zero-order valence-electron chi connectivity index (χ0n) is 7.73. The molecule has 1 unspecified atom stereocenters. The highest BCUT2D eigenvalue weighted by atomic mass is 35.5. The summed E-state index contributed by atoms with van der Waals surface area (Å²) >= 11 is 1.67. The molecule has 1 atom stereocenters. The maximum absolute atomic E-state index is 5.76. The molecule has 2 heterocycles. The van der Waals surface area contributed by atoms with Crippen LogP contribution in [0.4, 0.5) is 0 Å². The van der Waals surface area contributed by atoms with E-state index in [1.165, 1.54) is 4.88 Å². The lowest BCUT2D eigenvalue weighted by Gasteiger charge is -1.97. The summed E-state index contributed by atoms with van der Waals surface area (Å²) < 4.78 is 0. The summed E-state index contributed by atoms with van der Waals surface area (Å²) in [6.45, 7) is 1.98. The second-order valence-corrected chi connectivity index (χ2v) is 3.91. The molecule has 0 aliphatic carbocycles. The highest BCUT2D eigenvalue weighted by Crippen LogP contribution is 2.25. The van der Waals surface area contributed by atoms with Crippen LogP contribution in [0.25, 0.3) is 11.4 Å². The molecule has 0 aromatic carbocycles. The van der Waals surface area contributed by atoms with Crippen molar-refractivity contribution in [2.45, 2.75) is 13.0 Å². The Balaban J connectivity index is 0.000000980.